The maximum atomic E-state index is 11.3. The highest BCUT2D eigenvalue weighted by Crippen LogP contribution is 2.05. The Morgan fingerprint density at radius 2 is 2.17 bits per heavy atom. The van der Waals surface area contributed by atoms with Crippen LogP contribution < -0.4 is 4.72 Å². The number of hydrogen-bond acceptors (Lipinski definition) is 3. The van der Waals surface area contributed by atoms with Crippen molar-refractivity contribution in [3.05, 3.63) is 48.0 Å². The van der Waals surface area contributed by atoms with Crippen molar-refractivity contribution in [2.24, 2.45) is 0 Å². The van der Waals surface area contributed by atoms with E-state index in [1.54, 1.807) is 12.1 Å². The third-order valence-electron chi connectivity index (χ3n) is 2.25. The molecule has 0 unspecified atom stereocenters. The van der Waals surface area contributed by atoms with E-state index in [0.29, 0.717) is 6.42 Å². The van der Waals surface area contributed by atoms with Crippen molar-refractivity contribution in [3.8, 4) is 0 Å². The SMILES string of the molecule is C=CCS(=O)(=O)NCCc1cccc(C(=O)O)c1. The van der Waals surface area contributed by atoms with Crippen LogP contribution in [0.2, 0.25) is 0 Å². The Kier molecular flexibility index (Phi) is 5.06. The van der Waals surface area contributed by atoms with E-state index in [1.807, 2.05) is 0 Å². The van der Waals surface area contributed by atoms with E-state index in [0.717, 1.165) is 5.56 Å². The molecule has 0 saturated carbocycles. The minimum atomic E-state index is -3.31. The van der Waals surface area contributed by atoms with Gasteiger partial charge >= 0.3 is 5.97 Å². The van der Waals surface area contributed by atoms with Gasteiger partial charge in [-0.25, -0.2) is 17.9 Å². The van der Waals surface area contributed by atoms with E-state index in [-0.39, 0.29) is 17.9 Å². The van der Waals surface area contributed by atoms with Gasteiger partial charge in [0, 0.05) is 6.54 Å². The molecular weight excluding hydrogens is 254 g/mol. The Morgan fingerprint density at radius 1 is 1.44 bits per heavy atom. The number of nitrogens with one attached hydrogen (secondary N) is 1. The molecule has 1 aromatic rings. The molecule has 5 nitrogen and oxygen atoms in total. The van der Waals surface area contributed by atoms with E-state index in [2.05, 4.69) is 11.3 Å². The summed E-state index contributed by atoms with van der Waals surface area (Å²) >= 11 is 0. The van der Waals surface area contributed by atoms with Gasteiger partial charge in [-0.15, -0.1) is 6.58 Å². The summed E-state index contributed by atoms with van der Waals surface area (Å²) in [5, 5.41) is 8.81. The number of aromatic carboxylic acids is 1. The van der Waals surface area contributed by atoms with Gasteiger partial charge in [-0.05, 0) is 24.1 Å². The predicted molar refractivity (Wildman–Crippen MR) is 69.1 cm³/mol. The molecule has 18 heavy (non-hydrogen) atoms. The Labute approximate surface area is 106 Å². The van der Waals surface area contributed by atoms with Crippen molar-refractivity contribution in [2.45, 2.75) is 6.42 Å². The zero-order valence-corrected chi connectivity index (χ0v) is 10.6. The first kappa shape index (κ1) is 14.4. The molecule has 0 aliphatic heterocycles. The third-order valence-corrected chi connectivity index (χ3v) is 3.57. The highest BCUT2D eigenvalue weighted by Gasteiger charge is 2.07. The van der Waals surface area contributed by atoms with Crippen molar-refractivity contribution in [2.75, 3.05) is 12.3 Å². The van der Waals surface area contributed by atoms with Crippen molar-refractivity contribution in [3.63, 3.8) is 0 Å². The summed E-state index contributed by atoms with van der Waals surface area (Å²) in [6, 6.07) is 6.42. The average molecular weight is 269 g/mol. The lowest BCUT2D eigenvalue weighted by molar-refractivity contribution is 0.0696. The van der Waals surface area contributed by atoms with E-state index in [1.165, 1.54) is 18.2 Å². The average Bonchev–Trinajstić information content (AvgIpc) is 2.29. The maximum Gasteiger partial charge on any atom is 0.335 e. The van der Waals surface area contributed by atoms with Crippen molar-refractivity contribution >= 4 is 16.0 Å². The monoisotopic (exact) mass is 269 g/mol. The number of sulfonamides is 1. The Hall–Kier alpha value is -1.66. The molecule has 0 radical (unpaired) electrons. The zero-order chi connectivity index (χ0) is 13.6. The van der Waals surface area contributed by atoms with Crippen molar-refractivity contribution in [1.82, 2.24) is 4.72 Å². The Morgan fingerprint density at radius 3 is 2.78 bits per heavy atom. The number of carboxylic acids is 1. The highest BCUT2D eigenvalue weighted by molar-refractivity contribution is 7.89. The minimum absolute atomic E-state index is 0.123. The second-order valence-corrected chi connectivity index (χ2v) is 5.57. The fraction of sp³-hybridized carbons (Fsp3) is 0.250. The minimum Gasteiger partial charge on any atom is -0.478 e. The summed E-state index contributed by atoms with van der Waals surface area (Å²) in [6.45, 7) is 3.59. The third kappa shape index (κ3) is 4.68. The smallest absolute Gasteiger partial charge is 0.335 e. The molecule has 0 heterocycles. The lowest BCUT2D eigenvalue weighted by Gasteiger charge is -2.05. The van der Waals surface area contributed by atoms with E-state index in [4.69, 9.17) is 5.11 Å². The fourth-order valence-corrected chi connectivity index (χ4v) is 2.27. The van der Waals surface area contributed by atoms with Crippen LogP contribution in [0, 0.1) is 0 Å². The highest BCUT2D eigenvalue weighted by atomic mass is 32.2. The molecule has 0 aromatic heterocycles. The van der Waals surface area contributed by atoms with Gasteiger partial charge in [-0.2, -0.15) is 0 Å². The molecule has 98 valence electrons. The van der Waals surface area contributed by atoms with Crippen LogP contribution in [0.3, 0.4) is 0 Å². The van der Waals surface area contributed by atoms with E-state index in [9.17, 15) is 13.2 Å². The molecule has 0 spiro atoms. The predicted octanol–water partition coefficient (Wildman–Crippen LogP) is 1.03. The molecule has 1 aromatic carbocycles. The number of hydrogen-bond donors (Lipinski definition) is 2. The van der Waals surface area contributed by atoms with Gasteiger partial charge < -0.3 is 5.11 Å². The Balaban J connectivity index is 2.57. The molecular formula is C12H15NO4S. The van der Waals surface area contributed by atoms with Crippen LogP contribution in [0.15, 0.2) is 36.9 Å². The summed E-state index contributed by atoms with van der Waals surface area (Å²) in [5.41, 5.74) is 0.970. The summed E-state index contributed by atoms with van der Waals surface area (Å²) in [5.74, 6) is -1.12. The quantitative estimate of drug-likeness (QED) is 0.724. The molecule has 0 amide bonds. The molecule has 1 rings (SSSR count). The first-order valence-corrected chi connectivity index (χ1v) is 7.00. The van der Waals surface area contributed by atoms with Crippen LogP contribution >= 0.6 is 0 Å². The van der Waals surface area contributed by atoms with Gasteiger partial charge in [0.05, 0.1) is 11.3 Å². The van der Waals surface area contributed by atoms with E-state index >= 15 is 0 Å². The van der Waals surface area contributed by atoms with Gasteiger partial charge in [0.2, 0.25) is 10.0 Å². The second kappa shape index (κ2) is 6.32. The van der Waals surface area contributed by atoms with Gasteiger partial charge in [-0.3, -0.25) is 0 Å². The maximum absolute atomic E-state index is 11.3. The second-order valence-electron chi connectivity index (χ2n) is 3.72. The van der Waals surface area contributed by atoms with Gasteiger partial charge in [-0.1, -0.05) is 18.2 Å². The summed E-state index contributed by atoms with van der Waals surface area (Å²) < 4.78 is 25.0. The number of rotatable bonds is 7. The van der Waals surface area contributed by atoms with Gasteiger partial charge in [0.15, 0.2) is 0 Å². The number of benzene rings is 1. The standard InChI is InChI=1S/C12H15NO4S/c1-2-8-18(16,17)13-7-6-10-4-3-5-11(9-10)12(14)15/h2-5,9,13H,1,6-8H2,(H,14,15). The van der Waals surface area contributed by atoms with Crippen molar-refractivity contribution < 1.29 is 18.3 Å². The molecule has 6 heteroatoms. The summed E-state index contributed by atoms with van der Waals surface area (Å²) in [7, 11) is -3.31. The lowest BCUT2D eigenvalue weighted by atomic mass is 10.1. The van der Waals surface area contributed by atoms with E-state index < -0.39 is 16.0 Å². The van der Waals surface area contributed by atoms with Gasteiger partial charge in [0.1, 0.15) is 0 Å². The number of carbonyl (C=O) groups is 1. The normalized spacial score (nSPS) is 11.1. The topological polar surface area (TPSA) is 83.5 Å². The first-order chi connectivity index (χ1) is 8.44. The van der Waals surface area contributed by atoms with Crippen LogP contribution in [-0.4, -0.2) is 31.8 Å². The Bertz CT molecular complexity index is 537. The fourth-order valence-electron chi connectivity index (χ4n) is 1.42. The summed E-state index contributed by atoms with van der Waals surface area (Å²) in [4.78, 5) is 10.7. The molecule has 0 aliphatic rings. The molecule has 0 bridgehead atoms. The lowest BCUT2D eigenvalue weighted by Crippen LogP contribution is -2.27. The molecule has 0 fully saturated rings. The van der Waals surface area contributed by atoms with Crippen LogP contribution in [0.4, 0.5) is 0 Å². The molecule has 0 aliphatic carbocycles. The molecule has 2 N–H and O–H groups in total. The van der Waals surface area contributed by atoms with Crippen LogP contribution in [0.1, 0.15) is 15.9 Å². The largest absolute Gasteiger partial charge is 0.478 e. The van der Waals surface area contributed by atoms with Gasteiger partial charge in [0.25, 0.3) is 0 Å². The summed E-state index contributed by atoms with van der Waals surface area (Å²) in [6.07, 6.45) is 1.75. The first-order valence-electron chi connectivity index (χ1n) is 5.35. The zero-order valence-electron chi connectivity index (χ0n) is 9.80. The van der Waals surface area contributed by atoms with Crippen LogP contribution in [0.5, 0.6) is 0 Å². The van der Waals surface area contributed by atoms with Crippen LogP contribution in [0.25, 0.3) is 0 Å². The van der Waals surface area contributed by atoms with Crippen LogP contribution in [-0.2, 0) is 16.4 Å². The number of carboxylic acid groups (broad SMARTS) is 1. The molecule has 0 saturated heterocycles. The van der Waals surface area contributed by atoms with Crippen molar-refractivity contribution in [1.29, 1.82) is 0 Å². The molecule has 0 atom stereocenters.